The van der Waals surface area contributed by atoms with E-state index in [-0.39, 0.29) is 102 Å². The van der Waals surface area contributed by atoms with E-state index >= 15 is 0 Å². The van der Waals surface area contributed by atoms with Crippen molar-refractivity contribution in [2.75, 3.05) is 13.2 Å². The van der Waals surface area contributed by atoms with Crippen LogP contribution in [0.15, 0.2) is 54.9 Å². The molecule has 0 bridgehead atoms. The number of imide groups is 3. The molecular formula is C27H24N5Na2O9P. The van der Waals surface area contributed by atoms with Crippen LogP contribution in [-0.2, 0) is 32.8 Å². The first-order valence-corrected chi connectivity index (χ1v) is 14.2. The third kappa shape index (κ3) is 6.95. The first-order chi connectivity index (χ1) is 19.9. The molecule has 0 saturated carbocycles. The largest absolute Gasteiger partial charge is 1.00 e. The summed E-state index contributed by atoms with van der Waals surface area (Å²) in [4.78, 5) is 73.5. The number of nitrogens with zero attached hydrogens (tertiary/aromatic N) is 4. The van der Waals surface area contributed by atoms with E-state index in [4.69, 9.17) is 0 Å². The number of aryl methyl sites for hydroxylation is 2. The Balaban J connectivity index is 0.00000264. The molecule has 4 aromatic rings. The summed E-state index contributed by atoms with van der Waals surface area (Å²) in [6, 6.07) is 10.5. The quantitative estimate of drug-likeness (QED) is 0.0478. The topological polar surface area (TPSA) is 192 Å². The van der Waals surface area contributed by atoms with E-state index in [1.165, 1.54) is 18.2 Å². The average molecular weight is 639 g/mol. The summed E-state index contributed by atoms with van der Waals surface area (Å²) in [6.07, 6.45) is 3.63. The number of nitro benzene ring substituents is 1. The molecule has 17 heteroatoms. The van der Waals surface area contributed by atoms with Crippen molar-refractivity contribution in [3.8, 4) is 0 Å². The van der Waals surface area contributed by atoms with Crippen LogP contribution in [0.5, 0.6) is 0 Å². The van der Waals surface area contributed by atoms with Crippen LogP contribution in [0.25, 0.3) is 33.0 Å². The van der Waals surface area contributed by atoms with E-state index in [9.17, 15) is 38.8 Å². The molecule has 2 aromatic heterocycles. The van der Waals surface area contributed by atoms with Gasteiger partial charge in [-0.1, -0.05) is 18.2 Å². The molecule has 0 fully saturated rings. The van der Waals surface area contributed by atoms with Crippen LogP contribution in [0.2, 0.25) is 0 Å². The van der Waals surface area contributed by atoms with Crippen molar-refractivity contribution in [1.82, 2.24) is 19.4 Å². The fourth-order valence-electron chi connectivity index (χ4n) is 5.12. The van der Waals surface area contributed by atoms with Crippen LogP contribution >= 0.6 is 7.82 Å². The van der Waals surface area contributed by atoms with Crippen molar-refractivity contribution in [3.63, 3.8) is 0 Å². The molecule has 0 radical (unpaired) electrons. The number of hydrogen-bond donors (Lipinski definition) is 1. The van der Waals surface area contributed by atoms with Crippen molar-refractivity contribution >= 4 is 64.3 Å². The normalized spacial score (nSPS) is 13.4. The van der Waals surface area contributed by atoms with Crippen LogP contribution in [0.1, 0.15) is 24.0 Å². The van der Waals surface area contributed by atoms with Gasteiger partial charge in [-0.05, 0) is 25.0 Å². The first kappa shape index (κ1) is 35.9. The van der Waals surface area contributed by atoms with Crippen molar-refractivity contribution in [2.45, 2.75) is 12.8 Å². The van der Waals surface area contributed by atoms with Crippen molar-refractivity contribution in [1.29, 1.82) is 0 Å². The van der Waals surface area contributed by atoms with Gasteiger partial charge in [0.1, 0.15) is 0 Å². The van der Waals surface area contributed by atoms with Crippen LogP contribution in [0.4, 0.5) is 10.5 Å². The zero-order valence-electron chi connectivity index (χ0n) is 24.4. The zero-order chi connectivity index (χ0) is 30.3. The smallest absolute Gasteiger partial charge is 0.790 e. The Morgan fingerprint density at radius 2 is 1.48 bits per heavy atom. The van der Waals surface area contributed by atoms with Gasteiger partial charge < -0.3 is 33.3 Å². The number of amides is 4. The van der Waals surface area contributed by atoms with Crippen LogP contribution in [0, 0.1) is 10.1 Å². The van der Waals surface area contributed by atoms with E-state index in [0.717, 1.165) is 5.52 Å². The van der Waals surface area contributed by atoms with E-state index in [0.29, 0.717) is 32.3 Å². The maximum atomic E-state index is 13.9. The molecular weight excluding hydrogens is 615 g/mol. The molecule has 1 aliphatic heterocycles. The molecule has 0 aliphatic carbocycles. The van der Waals surface area contributed by atoms with Crippen LogP contribution < -0.4 is 74.2 Å². The minimum atomic E-state index is -5.11. The fourth-order valence-corrected chi connectivity index (χ4v) is 5.47. The number of non-ortho nitro benzene ring substituents is 1. The number of nitrogens with one attached hydrogen (secondary N) is 1. The predicted octanol–water partition coefficient (Wildman–Crippen LogP) is -3.80. The zero-order valence-corrected chi connectivity index (χ0v) is 29.3. The van der Waals surface area contributed by atoms with Crippen LogP contribution in [0.3, 0.4) is 0 Å². The van der Waals surface area contributed by atoms with Gasteiger partial charge in [0.25, 0.3) is 17.5 Å². The molecule has 5 rings (SSSR count). The third-order valence-electron chi connectivity index (χ3n) is 7.00. The van der Waals surface area contributed by atoms with Crippen molar-refractivity contribution in [2.24, 2.45) is 14.1 Å². The number of phosphoric acid groups is 1. The van der Waals surface area contributed by atoms with Gasteiger partial charge in [-0.2, -0.15) is 4.90 Å². The molecule has 14 nitrogen and oxygen atoms in total. The van der Waals surface area contributed by atoms with Crippen molar-refractivity contribution in [3.05, 3.63) is 76.1 Å². The maximum absolute atomic E-state index is 13.9. The summed E-state index contributed by atoms with van der Waals surface area (Å²) in [7, 11) is -1.66. The average Bonchev–Trinajstić information content (AvgIpc) is 3.53. The second kappa shape index (κ2) is 14.2. The molecule has 218 valence electrons. The molecule has 0 saturated heterocycles. The fraction of sp³-hybridized carbons (Fsp3) is 0.222. The molecule has 1 N–H and O–H groups in total. The third-order valence-corrected chi connectivity index (χ3v) is 7.50. The molecule has 3 heterocycles. The molecule has 4 amide bonds. The summed E-state index contributed by atoms with van der Waals surface area (Å²) in [5.41, 5.74) is 1.85. The van der Waals surface area contributed by atoms with Gasteiger partial charge in [-0.25, -0.2) is 4.79 Å². The van der Waals surface area contributed by atoms with Gasteiger partial charge in [-0.15, -0.1) is 0 Å². The Hall–Kier alpha value is -2.62. The second-order valence-electron chi connectivity index (χ2n) is 9.70. The number of phosphoric ester groups is 1. The number of fused-ring (bicyclic) bond motifs is 2. The minimum Gasteiger partial charge on any atom is -0.790 e. The number of urea groups is 1. The summed E-state index contributed by atoms with van der Waals surface area (Å²) < 4.78 is 18.2. The van der Waals surface area contributed by atoms with E-state index < -0.39 is 30.6 Å². The standard InChI is InChI=1S/C27H26N5O9P.2Na/c1-29-14-19(17-7-3-4-8-21(17)29)23-24(20-15-30(2)22-13-16(32(36)37)9-10-18(20)22)26(34)31(25(23)33)27(35)28-11-5-6-12-41-42(38,39)40;;/h3-4,7-10,13-15H,5-6,11-12H2,1-2H3,(H,28,35)(H2,38,39,40);;/q;2*+1/p-2. The predicted molar refractivity (Wildman–Crippen MR) is 147 cm³/mol. The molecule has 2 aromatic carbocycles. The Bertz CT molecular complexity index is 1880. The van der Waals surface area contributed by atoms with E-state index in [1.807, 2.05) is 12.1 Å². The second-order valence-corrected chi connectivity index (χ2v) is 10.9. The SMILES string of the molecule is Cn1cc(C2=C(c3cn(C)c4cc([N+](=O)[O-])ccc34)C(=O)N(C(=O)NCCCCOP(=O)([O-])[O-])C2=O)c2ccccc21.[Na+].[Na+]. The molecule has 0 atom stereocenters. The van der Waals surface area contributed by atoms with Gasteiger partial charge in [0.2, 0.25) is 0 Å². The maximum Gasteiger partial charge on any atom is 1.00 e. The number of rotatable bonds is 9. The summed E-state index contributed by atoms with van der Waals surface area (Å²) in [6.45, 7) is -0.393. The van der Waals surface area contributed by atoms with Gasteiger partial charge in [0, 0.05) is 72.6 Å². The number of hydrogen-bond acceptors (Lipinski definition) is 9. The van der Waals surface area contributed by atoms with Gasteiger partial charge in [0.15, 0.2) is 0 Å². The number of unbranched alkanes of at least 4 members (excludes halogenated alkanes) is 1. The van der Waals surface area contributed by atoms with Gasteiger partial charge >= 0.3 is 65.1 Å². The van der Waals surface area contributed by atoms with Gasteiger partial charge in [-0.3, -0.25) is 19.7 Å². The number of carbonyl (C=O) groups is 3. The Morgan fingerprint density at radius 1 is 0.909 bits per heavy atom. The molecule has 0 spiro atoms. The van der Waals surface area contributed by atoms with Gasteiger partial charge in [0.05, 0.1) is 36.0 Å². The number of nitro groups is 1. The minimum absolute atomic E-state index is 0. The number of carbonyl (C=O) groups excluding carboxylic acids is 3. The molecule has 0 unspecified atom stereocenters. The summed E-state index contributed by atoms with van der Waals surface area (Å²) in [5, 5.41) is 15.0. The number of aromatic nitrogens is 2. The molecule has 1 aliphatic rings. The van der Waals surface area contributed by atoms with Crippen LogP contribution in [-0.4, -0.2) is 50.0 Å². The Kier molecular flexibility index (Phi) is 11.6. The Labute approximate surface area is 295 Å². The first-order valence-electron chi connectivity index (χ1n) is 12.7. The summed E-state index contributed by atoms with van der Waals surface area (Å²) in [5.74, 6) is -1.71. The molecule has 44 heavy (non-hydrogen) atoms. The number of para-hydroxylation sites is 1. The van der Waals surface area contributed by atoms with E-state index in [2.05, 4.69) is 9.84 Å². The monoisotopic (exact) mass is 639 g/mol. The van der Waals surface area contributed by atoms with Crippen molar-refractivity contribution < 1.29 is 97.3 Å². The van der Waals surface area contributed by atoms with E-state index in [1.54, 1.807) is 47.8 Å². The number of benzene rings is 2. The summed E-state index contributed by atoms with van der Waals surface area (Å²) >= 11 is 0. The Morgan fingerprint density at radius 3 is 2.07 bits per heavy atom.